The van der Waals surface area contributed by atoms with Crippen molar-refractivity contribution < 1.29 is 13.2 Å². The molecule has 5 nitrogen and oxygen atoms in total. The maximum Gasteiger partial charge on any atom is 0.245 e. The second kappa shape index (κ2) is 7.42. The topological polar surface area (TPSA) is 66.5 Å². The van der Waals surface area contributed by atoms with Crippen molar-refractivity contribution in [3.05, 3.63) is 58.1 Å². The lowest BCUT2D eigenvalue weighted by Crippen LogP contribution is -2.37. The highest BCUT2D eigenvalue weighted by Gasteiger charge is 2.22. The number of nitrogens with zero attached hydrogens (tertiary/aromatic N) is 1. The van der Waals surface area contributed by atoms with Gasteiger partial charge in [0.1, 0.15) is 6.54 Å². The van der Waals surface area contributed by atoms with Gasteiger partial charge in [-0.25, -0.2) is 8.42 Å². The van der Waals surface area contributed by atoms with Crippen LogP contribution in [0.3, 0.4) is 0 Å². The molecule has 128 valence electrons. The summed E-state index contributed by atoms with van der Waals surface area (Å²) in [6.07, 6.45) is 1.02. The van der Waals surface area contributed by atoms with Gasteiger partial charge in [-0.2, -0.15) is 0 Å². The molecule has 0 heterocycles. The Morgan fingerprint density at radius 1 is 1.12 bits per heavy atom. The Hall–Kier alpha value is -1.76. The van der Waals surface area contributed by atoms with Gasteiger partial charge in [-0.1, -0.05) is 41.4 Å². The fourth-order valence-electron chi connectivity index (χ4n) is 2.04. The summed E-state index contributed by atoms with van der Waals surface area (Å²) < 4.78 is 25.0. The highest BCUT2D eigenvalue weighted by molar-refractivity contribution is 7.92. The van der Waals surface area contributed by atoms with Crippen molar-refractivity contribution in [2.45, 2.75) is 6.92 Å². The molecule has 2 rings (SSSR count). The molecular formula is C16H16Cl2N2O3S. The van der Waals surface area contributed by atoms with Gasteiger partial charge in [0, 0.05) is 10.7 Å². The second-order valence-electron chi connectivity index (χ2n) is 5.23. The first kappa shape index (κ1) is 18.6. The predicted octanol–water partition coefficient (Wildman–Crippen LogP) is 3.71. The second-order valence-corrected chi connectivity index (χ2v) is 7.95. The number of hydrogen-bond acceptors (Lipinski definition) is 3. The van der Waals surface area contributed by atoms with Gasteiger partial charge in [-0.15, -0.1) is 0 Å². The number of carbonyl (C=O) groups is 1. The summed E-state index contributed by atoms with van der Waals surface area (Å²) in [7, 11) is -3.68. The first-order valence-corrected chi connectivity index (χ1v) is 9.57. The van der Waals surface area contributed by atoms with Crippen molar-refractivity contribution in [1.29, 1.82) is 0 Å². The molecule has 0 saturated heterocycles. The number of nitrogens with one attached hydrogen (secondary N) is 1. The van der Waals surface area contributed by atoms with Crippen LogP contribution in [0, 0.1) is 6.92 Å². The van der Waals surface area contributed by atoms with E-state index in [0.717, 1.165) is 16.1 Å². The lowest BCUT2D eigenvalue weighted by Gasteiger charge is -2.22. The molecule has 24 heavy (non-hydrogen) atoms. The molecule has 8 heteroatoms. The Labute approximate surface area is 151 Å². The van der Waals surface area contributed by atoms with E-state index in [2.05, 4.69) is 5.32 Å². The van der Waals surface area contributed by atoms with Gasteiger partial charge < -0.3 is 5.32 Å². The van der Waals surface area contributed by atoms with E-state index in [9.17, 15) is 13.2 Å². The Kier molecular flexibility index (Phi) is 5.74. The Bertz CT molecular complexity index is 869. The largest absolute Gasteiger partial charge is 0.324 e. The molecule has 0 aromatic heterocycles. The van der Waals surface area contributed by atoms with Gasteiger partial charge in [0.2, 0.25) is 15.9 Å². The summed E-state index contributed by atoms with van der Waals surface area (Å²) in [5.41, 5.74) is 1.62. The molecule has 0 aliphatic heterocycles. The molecule has 0 radical (unpaired) electrons. The Balaban J connectivity index is 2.22. The molecule has 0 aliphatic carbocycles. The SMILES string of the molecule is Cc1ccc(NC(=O)CN(c2ccccc2Cl)S(C)(=O)=O)cc1Cl. The first-order chi connectivity index (χ1) is 11.2. The van der Waals surface area contributed by atoms with Crippen molar-refractivity contribution >= 4 is 50.5 Å². The molecule has 2 aromatic rings. The maximum atomic E-state index is 12.2. The molecule has 0 fully saturated rings. The molecule has 1 amide bonds. The van der Waals surface area contributed by atoms with Crippen LogP contribution in [0.4, 0.5) is 11.4 Å². The Morgan fingerprint density at radius 2 is 1.79 bits per heavy atom. The van der Waals surface area contributed by atoms with Gasteiger partial charge in [0.25, 0.3) is 0 Å². The van der Waals surface area contributed by atoms with Crippen molar-refractivity contribution in [2.24, 2.45) is 0 Å². The van der Waals surface area contributed by atoms with Crippen LogP contribution in [0.15, 0.2) is 42.5 Å². The number of anilines is 2. The third kappa shape index (κ3) is 4.63. The van der Waals surface area contributed by atoms with Gasteiger partial charge in [-0.05, 0) is 36.8 Å². The van der Waals surface area contributed by atoms with E-state index >= 15 is 0 Å². The minimum atomic E-state index is -3.68. The maximum absolute atomic E-state index is 12.2. The lowest BCUT2D eigenvalue weighted by molar-refractivity contribution is -0.114. The minimum absolute atomic E-state index is 0.245. The minimum Gasteiger partial charge on any atom is -0.324 e. The molecule has 0 aliphatic rings. The number of sulfonamides is 1. The molecule has 0 bridgehead atoms. The quantitative estimate of drug-likeness (QED) is 0.851. The number of hydrogen-bond donors (Lipinski definition) is 1. The summed E-state index contributed by atoms with van der Waals surface area (Å²) in [5.74, 6) is -0.500. The van der Waals surface area contributed by atoms with E-state index in [1.807, 2.05) is 6.92 Å². The van der Waals surface area contributed by atoms with Gasteiger partial charge in [-0.3, -0.25) is 9.10 Å². The first-order valence-electron chi connectivity index (χ1n) is 6.97. The summed E-state index contributed by atoms with van der Waals surface area (Å²) in [5, 5.41) is 3.39. The third-order valence-electron chi connectivity index (χ3n) is 3.26. The van der Waals surface area contributed by atoms with Crippen LogP contribution in [0.2, 0.25) is 10.0 Å². The van der Waals surface area contributed by atoms with Crippen LogP contribution in [-0.2, 0) is 14.8 Å². The van der Waals surface area contributed by atoms with Crippen molar-refractivity contribution in [3.8, 4) is 0 Å². The van der Waals surface area contributed by atoms with Gasteiger partial charge in [0.15, 0.2) is 0 Å². The third-order valence-corrected chi connectivity index (χ3v) is 5.12. The van der Waals surface area contributed by atoms with Crippen LogP contribution >= 0.6 is 23.2 Å². The van der Waals surface area contributed by atoms with Gasteiger partial charge >= 0.3 is 0 Å². The molecule has 2 aromatic carbocycles. The number of aryl methyl sites for hydroxylation is 1. The highest BCUT2D eigenvalue weighted by Crippen LogP contribution is 2.27. The number of rotatable bonds is 5. The molecule has 0 atom stereocenters. The number of para-hydroxylation sites is 1. The molecular weight excluding hydrogens is 371 g/mol. The zero-order chi connectivity index (χ0) is 17.9. The molecule has 1 N–H and O–H groups in total. The fraction of sp³-hybridized carbons (Fsp3) is 0.188. The normalized spacial score (nSPS) is 11.2. The van der Waals surface area contributed by atoms with E-state index in [-0.39, 0.29) is 10.7 Å². The average molecular weight is 387 g/mol. The highest BCUT2D eigenvalue weighted by atomic mass is 35.5. The van der Waals surface area contributed by atoms with Gasteiger partial charge in [0.05, 0.1) is 17.0 Å². The zero-order valence-electron chi connectivity index (χ0n) is 13.1. The summed E-state index contributed by atoms with van der Waals surface area (Å²) in [4.78, 5) is 12.2. The summed E-state index contributed by atoms with van der Waals surface area (Å²) in [6, 6.07) is 11.5. The van der Waals surface area contributed by atoms with Crippen molar-refractivity contribution in [3.63, 3.8) is 0 Å². The van der Waals surface area contributed by atoms with Crippen LogP contribution in [0.1, 0.15) is 5.56 Å². The number of amides is 1. The zero-order valence-corrected chi connectivity index (χ0v) is 15.4. The molecule has 0 saturated carbocycles. The van der Waals surface area contributed by atoms with Crippen LogP contribution in [0.5, 0.6) is 0 Å². The van der Waals surface area contributed by atoms with E-state index in [1.54, 1.807) is 42.5 Å². The predicted molar refractivity (Wildman–Crippen MR) is 98.5 cm³/mol. The lowest BCUT2D eigenvalue weighted by atomic mass is 10.2. The monoisotopic (exact) mass is 386 g/mol. The van der Waals surface area contributed by atoms with E-state index in [0.29, 0.717) is 10.7 Å². The standard InChI is InChI=1S/C16H16Cl2N2O3S/c1-11-7-8-12(9-14(11)18)19-16(21)10-20(24(2,22)23)15-6-4-3-5-13(15)17/h3-9H,10H2,1-2H3,(H,19,21). The van der Waals surface area contributed by atoms with E-state index < -0.39 is 22.5 Å². The fourth-order valence-corrected chi connectivity index (χ4v) is 3.37. The summed E-state index contributed by atoms with van der Waals surface area (Å²) >= 11 is 12.1. The Morgan fingerprint density at radius 3 is 2.38 bits per heavy atom. The van der Waals surface area contributed by atoms with Crippen LogP contribution < -0.4 is 9.62 Å². The van der Waals surface area contributed by atoms with Crippen molar-refractivity contribution in [2.75, 3.05) is 22.4 Å². The van der Waals surface area contributed by atoms with Crippen LogP contribution in [0.25, 0.3) is 0 Å². The average Bonchev–Trinajstić information content (AvgIpc) is 2.48. The van der Waals surface area contributed by atoms with E-state index in [4.69, 9.17) is 23.2 Å². The number of benzene rings is 2. The van der Waals surface area contributed by atoms with Crippen molar-refractivity contribution in [1.82, 2.24) is 0 Å². The molecule has 0 unspecified atom stereocenters. The molecule has 0 spiro atoms. The summed E-state index contributed by atoms with van der Waals surface area (Å²) in [6.45, 7) is 1.45. The smallest absolute Gasteiger partial charge is 0.245 e. The van der Waals surface area contributed by atoms with Crippen LogP contribution in [-0.4, -0.2) is 27.1 Å². The number of halogens is 2. The number of carbonyl (C=O) groups excluding carboxylic acids is 1. The van der Waals surface area contributed by atoms with E-state index in [1.165, 1.54) is 0 Å².